The summed E-state index contributed by atoms with van der Waals surface area (Å²) in [6.45, 7) is 4.47. The Morgan fingerprint density at radius 1 is 0.946 bits per heavy atom. The lowest BCUT2D eigenvalue weighted by atomic mass is 10.1. The highest BCUT2D eigenvalue weighted by atomic mass is 35.5. The van der Waals surface area contributed by atoms with E-state index >= 15 is 0 Å². The number of para-hydroxylation sites is 2. The van der Waals surface area contributed by atoms with Crippen LogP contribution in [0.4, 0.5) is 0 Å². The van der Waals surface area contributed by atoms with E-state index in [1.165, 1.54) is 11.1 Å². The molecule has 0 spiro atoms. The lowest BCUT2D eigenvalue weighted by Crippen LogP contribution is -2.24. The van der Waals surface area contributed by atoms with Gasteiger partial charge in [-0.25, -0.2) is 4.98 Å². The predicted octanol–water partition coefficient (Wildman–Crippen LogP) is 7.25. The molecule has 194 valence electrons. The predicted molar refractivity (Wildman–Crippen MR) is 152 cm³/mol. The molecule has 4 aromatic rings. The number of fused-ring (bicyclic) bond motifs is 1. The molecule has 1 heterocycles. The Labute approximate surface area is 224 Å². The van der Waals surface area contributed by atoms with E-state index < -0.39 is 0 Å². The number of aryl methyl sites for hydroxylation is 3. The first kappa shape index (κ1) is 26.7. The number of aromatic nitrogens is 2. The summed E-state index contributed by atoms with van der Waals surface area (Å²) in [5.74, 6) is 2.00. The normalized spacial score (nSPS) is 11.1. The number of unbranched alkanes of at least 4 members (excludes halogenated alkanes) is 3. The second-order valence-electron chi connectivity index (χ2n) is 9.30. The maximum atomic E-state index is 12.3. The van der Waals surface area contributed by atoms with Crippen LogP contribution < -0.4 is 10.1 Å². The molecule has 0 aliphatic rings. The zero-order valence-electron chi connectivity index (χ0n) is 21.6. The number of carbonyl (C=O) groups is 1. The topological polar surface area (TPSA) is 56.1 Å². The van der Waals surface area contributed by atoms with E-state index in [1.807, 2.05) is 6.07 Å². The highest BCUT2D eigenvalue weighted by Gasteiger charge is 2.10. The highest BCUT2D eigenvalue weighted by Crippen LogP contribution is 2.19. The van der Waals surface area contributed by atoms with Crippen molar-refractivity contribution in [2.24, 2.45) is 0 Å². The Balaban J connectivity index is 1.21. The van der Waals surface area contributed by atoms with E-state index in [9.17, 15) is 4.79 Å². The van der Waals surface area contributed by atoms with Crippen LogP contribution in [0.15, 0.2) is 72.8 Å². The van der Waals surface area contributed by atoms with Gasteiger partial charge in [0.2, 0.25) is 0 Å². The largest absolute Gasteiger partial charge is 0.494 e. The lowest BCUT2D eigenvalue weighted by molar-refractivity contribution is 0.0953. The average Bonchev–Trinajstić information content (AvgIpc) is 3.28. The fourth-order valence-corrected chi connectivity index (χ4v) is 4.66. The van der Waals surface area contributed by atoms with Crippen molar-refractivity contribution in [3.05, 3.63) is 94.8 Å². The maximum Gasteiger partial charge on any atom is 0.251 e. The van der Waals surface area contributed by atoms with Gasteiger partial charge in [0.15, 0.2) is 0 Å². The van der Waals surface area contributed by atoms with E-state index in [4.69, 9.17) is 21.3 Å². The van der Waals surface area contributed by atoms with E-state index in [-0.39, 0.29) is 5.91 Å². The summed E-state index contributed by atoms with van der Waals surface area (Å²) in [6, 6.07) is 23.8. The van der Waals surface area contributed by atoms with E-state index in [1.54, 1.807) is 24.3 Å². The zero-order chi connectivity index (χ0) is 25.9. The summed E-state index contributed by atoms with van der Waals surface area (Å²) >= 11 is 5.98. The molecule has 6 heteroatoms. The monoisotopic (exact) mass is 517 g/mol. The quantitative estimate of drug-likeness (QED) is 0.179. The third-order valence-electron chi connectivity index (χ3n) is 6.56. The van der Waals surface area contributed by atoms with Crippen LogP contribution in [0.2, 0.25) is 5.02 Å². The molecule has 0 atom stereocenters. The molecule has 1 amide bonds. The van der Waals surface area contributed by atoms with Crippen molar-refractivity contribution in [2.75, 3.05) is 13.2 Å². The van der Waals surface area contributed by atoms with Gasteiger partial charge in [-0.3, -0.25) is 4.79 Å². The fraction of sp³-hybridized carbons (Fsp3) is 0.355. The molecular formula is C31H36ClN3O2. The van der Waals surface area contributed by atoms with Crippen LogP contribution in [-0.4, -0.2) is 28.6 Å². The molecule has 3 aromatic carbocycles. The van der Waals surface area contributed by atoms with Crippen molar-refractivity contribution in [2.45, 2.75) is 58.4 Å². The number of hydrogen-bond donors (Lipinski definition) is 1. The van der Waals surface area contributed by atoms with Crippen molar-refractivity contribution in [3.63, 3.8) is 0 Å². The Bertz CT molecular complexity index is 1280. The number of nitrogens with one attached hydrogen (secondary N) is 1. The SMILES string of the molecule is CCc1ccc(OCCCCn2c(CCCCCNC(=O)c3cccc(Cl)c3)nc3ccccc32)cc1. The number of rotatable bonds is 14. The van der Waals surface area contributed by atoms with Gasteiger partial charge in [-0.2, -0.15) is 0 Å². The molecule has 0 saturated heterocycles. The molecule has 37 heavy (non-hydrogen) atoms. The van der Waals surface area contributed by atoms with Crippen molar-refractivity contribution < 1.29 is 9.53 Å². The summed E-state index contributed by atoms with van der Waals surface area (Å²) < 4.78 is 8.30. The molecule has 0 bridgehead atoms. The van der Waals surface area contributed by atoms with Crippen LogP contribution in [0.3, 0.4) is 0 Å². The molecule has 0 aliphatic carbocycles. The smallest absolute Gasteiger partial charge is 0.251 e. The Kier molecular flexibility index (Phi) is 10.0. The minimum absolute atomic E-state index is 0.0775. The number of halogens is 1. The van der Waals surface area contributed by atoms with Crippen LogP contribution in [-0.2, 0) is 19.4 Å². The summed E-state index contributed by atoms with van der Waals surface area (Å²) in [6.07, 6.45) is 7.00. The third kappa shape index (κ3) is 7.83. The van der Waals surface area contributed by atoms with Crippen LogP contribution in [0.25, 0.3) is 11.0 Å². The fourth-order valence-electron chi connectivity index (χ4n) is 4.47. The van der Waals surface area contributed by atoms with Gasteiger partial charge in [0.05, 0.1) is 17.6 Å². The number of hydrogen-bond acceptors (Lipinski definition) is 3. The van der Waals surface area contributed by atoms with E-state index in [0.717, 1.165) is 68.6 Å². The first-order chi connectivity index (χ1) is 18.1. The first-order valence-corrected chi connectivity index (χ1v) is 13.7. The summed E-state index contributed by atoms with van der Waals surface area (Å²) in [5.41, 5.74) is 4.18. The minimum Gasteiger partial charge on any atom is -0.494 e. The molecule has 0 unspecified atom stereocenters. The van der Waals surface area contributed by atoms with Gasteiger partial charge in [-0.1, -0.05) is 55.3 Å². The Morgan fingerprint density at radius 3 is 2.59 bits per heavy atom. The van der Waals surface area contributed by atoms with Crippen LogP contribution in [0.1, 0.15) is 60.8 Å². The third-order valence-corrected chi connectivity index (χ3v) is 6.79. The summed E-state index contributed by atoms with van der Waals surface area (Å²) in [4.78, 5) is 17.2. The molecule has 1 aromatic heterocycles. The maximum absolute atomic E-state index is 12.3. The molecule has 0 aliphatic heterocycles. The Hall–Kier alpha value is -3.31. The van der Waals surface area contributed by atoms with Crippen molar-refractivity contribution in [1.29, 1.82) is 0 Å². The van der Waals surface area contributed by atoms with Gasteiger partial charge in [0.1, 0.15) is 11.6 Å². The van der Waals surface area contributed by atoms with Crippen LogP contribution >= 0.6 is 11.6 Å². The zero-order valence-corrected chi connectivity index (χ0v) is 22.3. The summed E-state index contributed by atoms with van der Waals surface area (Å²) in [7, 11) is 0. The molecule has 0 radical (unpaired) electrons. The number of imidazole rings is 1. The molecule has 0 saturated carbocycles. The first-order valence-electron chi connectivity index (χ1n) is 13.3. The average molecular weight is 518 g/mol. The number of ether oxygens (including phenoxy) is 1. The Morgan fingerprint density at radius 2 is 1.78 bits per heavy atom. The molecule has 1 N–H and O–H groups in total. The van der Waals surface area contributed by atoms with Crippen molar-refractivity contribution in [3.8, 4) is 5.75 Å². The van der Waals surface area contributed by atoms with Crippen molar-refractivity contribution in [1.82, 2.24) is 14.9 Å². The number of amides is 1. The van der Waals surface area contributed by atoms with Crippen molar-refractivity contribution >= 4 is 28.5 Å². The standard InChI is InChI=1S/C31H36ClN3O2/c1-2-24-16-18-27(19-17-24)37-22-9-8-21-35-29-14-6-5-13-28(29)34-30(35)15-4-3-7-20-33-31(36)25-11-10-12-26(32)23-25/h5-6,10-14,16-19,23H,2-4,7-9,15,20-22H2,1H3,(H,33,36). The molecule has 5 nitrogen and oxygen atoms in total. The lowest BCUT2D eigenvalue weighted by Gasteiger charge is -2.11. The van der Waals surface area contributed by atoms with Gasteiger partial charge < -0.3 is 14.6 Å². The molecular weight excluding hydrogens is 482 g/mol. The summed E-state index contributed by atoms with van der Waals surface area (Å²) in [5, 5.41) is 3.56. The van der Waals surface area contributed by atoms with Gasteiger partial charge >= 0.3 is 0 Å². The highest BCUT2D eigenvalue weighted by molar-refractivity contribution is 6.30. The number of nitrogens with zero attached hydrogens (tertiary/aromatic N) is 2. The molecule has 0 fully saturated rings. The van der Waals surface area contributed by atoms with E-state index in [2.05, 4.69) is 59.3 Å². The second kappa shape index (κ2) is 13.8. The van der Waals surface area contributed by atoms with Gasteiger partial charge in [0.25, 0.3) is 5.91 Å². The second-order valence-corrected chi connectivity index (χ2v) is 9.73. The number of benzene rings is 3. The van der Waals surface area contributed by atoms with Crippen LogP contribution in [0, 0.1) is 0 Å². The van der Waals surface area contributed by atoms with Gasteiger partial charge in [-0.05, 0) is 80.1 Å². The van der Waals surface area contributed by atoms with E-state index in [0.29, 0.717) is 23.7 Å². The molecule has 4 rings (SSSR count). The minimum atomic E-state index is -0.0775. The van der Waals surface area contributed by atoms with Gasteiger partial charge in [-0.15, -0.1) is 0 Å². The van der Waals surface area contributed by atoms with Gasteiger partial charge in [0, 0.05) is 30.1 Å². The number of carbonyl (C=O) groups excluding carboxylic acids is 1. The van der Waals surface area contributed by atoms with Crippen LogP contribution in [0.5, 0.6) is 5.75 Å².